The van der Waals surface area contributed by atoms with Crippen molar-refractivity contribution in [3.05, 3.63) is 69.8 Å². The van der Waals surface area contributed by atoms with Gasteiger partial charge in [0.2, 0.25) is 0 Å². The molecule has 1 N–H and O–H groups in total. The Kier molecular flexibility index (Phi) is 5.16. The van der Waals surface area contributed by atoms with E-state index in [1.807, 2.05) is 29.6 Å². The molecule has 0 amide bonds. The Bertz CT molecular complexity index is 1260. The Balaban J connectivity index is 2.15. The van der Waals surface area contributed by atoms with E-state index < -0.39 is 0 Å². The van der Waals surface area contributed by atoms with Crippen molar-refractivity contribution in [3.63, 3.8) is 0 Å². The molecule has 0 aliphatic rings. The van der Waals surface area contributed by atoms with Crippen LogP contribution in [0.1, 0.15) is 26.3 Å². The van der Waals surface area contributed by atoms with Gasteiger partial charge in [0, 0.05) is 21.9 Å². The molecule has 0 bridgehead atoms. The first-order valence-electron chi connectivity index (χ1n) is 9.80. The predicted molar refractivity (Wildman–Crippen MR) is 125 cm³/mol. The number of aromatic amines is 1. The van der Waals surface area contributed by atoms with Gasteiger partial charge in [-0.2, -0.15) is 0 Å². The van der Waals surface area contributed by atoms with Crippen LogP contribution in [0.25, 0.3) is 32.5 Å². The number of pyridine rings is 1. The lowest BCUT2D eigenvalue weighted by molar-refractivity contribution is 0.356. The zero-order chi connectivity index (χ0) is 21.5. The molecular formula is C25H25NO3S. The molecule has 0 spiro atoms. The van der Waals surface area contributed by atoms with Gasteiger partial charge < -0.3 is 14.5 Å². The minimum atomic E-state index is -0.117. The van der Waals surface area contributed by atoms with Gasteiger partial charge in [0.05, 0.1) is 25.3 Å². The lowest BCUT2D eigenvalue weighted by atomic mass is 9.84. The number of hydrogen-bond donors (Lipinski definition) is 1. The third-order valence-electron chi connectivity index (χ3n) is 5.30. The number of thiophene rings is 1. The summed E-state index contributed by atoms with van der Waals surface area (Å²) in [4.78, 5) is 17.2. The summed E-state index contributed by atoms with van der Waals surface area (Å²) in [5.41, 5.74) is 4.40. The lowest BCUT2D eigenvalue weighted by Crippen LogP contribution is -2.13. The largest absolute Gasteiger partial charge is 0.493 e. The third-order valence-corrected chi connectivity index (χ3v) is 6.19. The summed E-state index contributed by atoms with van der Waals surface area (Å²) in [5, 5.41) is 2.91. The fourth-order valence-electron chi connectivity index (χ4n) is 3.72. The van der Waals surface area contributed by atoms with Gasteiger partial charge in [-0.1, -0.05) is 51.1 Å². The van der Waals surface area contributed by atoms with Crippen LogP contribution < -0.4 is 15.0 Å². The second kappa shape index (κ2) is 7.65. The average molecular weight is 420 g/mol. The van der Waals surface area contributed by atoms with Gasteiger partial charge in [-0.15, -0.1) is 11.3 Å². The van der Waals surface area contributed by atoms with Crippen molar-refractivity contribution in [1.82, 2.24) is 4.98 Å². The summed E-state index contributed by atoms with van der Waals surface area (Å²) < 4.78 is 11.0. The molecule has 0 radical (unpaired) electrons. The number of fused-ring (bicyclic) bond motifs is 1. The van der Waals surface area contributed by atoms with Crippen LogP contribution >= 0.6 is 11.3 Å². The van der Waals surface area contributed by atoms with Gasteiger partial charge >= 0.3 is 0 Å². The van der Waals surface area contributed by atoms with Gasteiger partial charge in [0.1, 0.15) is 0 Å². The molecule has 0 aliphatic heterocycles. The molecule has 0 unspecified atom stereocenters. The van der Waals surface area contributed by atoms with E-state index in [-0.39, 0.29) is 11.0 Å². The Morgan fingerprint density at radius 2 is 1.63 bits per heavy atom. The normalized spacial score (nSPS) is 11.6. The van der Waals surface area contributed by atoms with E-state index in [1.54, 1.807) is 25.6 Å². The maximum atomic E-state index is 13.2. The van der Waals surface area contributed by atoms with E-state index in [9.17, 15) is 4.79 Å². The van der Waals surface area contributed by atoms with E-state index in [1.165, 1.54) is 5.56 Å². The number of ether oxygens (including phenoxy) is 2. The maximum absolute atomic E-state index is 13.2. The molecule has 0 saturated carbocycles. The summed E-state index contributed by atoms with van der Waals surface area (Å²) in [7, 11) is 3.21. The highest BCUT2D eigenvalue weighted by Crippen LogP contribution is 2.41. The second-order valence-corrected chi connectivity index (χ2v) is 9.21. The summed E-state index contributed by atoms with van der Waals surface area (Å²) in [6, 6.07) is 16.2. The third kappa shape index (κ3) is 3.50. The van der Waals surface area contributed by atoms with E-state index in [0.717, 1.165) is 21.4 Å². The highest BCUT2D eigenvalue weighted by Gasteiger charge is 2.21. The number of hydrogen-bond acceptors (Lipinski definition) is 4. The van der Waals surface area contributed by atoms with Gasteiger partial charge in [-0.3, -0.25) is 4.79 Å². The number of H-pyrrole nitrogens is 1. The zero-order valence-corrected chi connectivity index (χ0v) is 18.6. The zero-order valence-electron chi connectivity index (χ0n) is 17.8. The van der Waals surface area contributed by atoms with Crippen LogP contribution in [0.5, 0.6) is 11.5 Å². The smallest absolute Gasteiger partial charge is 0.257 e. The number of methoxy groups -OCH3 is 2. The molecule has 0 saturated heterocycles. The first kappa shape index (κ1) is 20.2. The van der Waals surface area contributed by atoms with Crippen LogP contribution in [-0.4, -0.2) is 19.2 Å². The van der Waals surface area contributed by atoms with E-state index in [2.05, 4.69) is 50.0 Å². The average Bonchev–Trinajstić information content (AvgIpc) is 3.25. The first-order valence-corrected chi connectivity index (χ1v) is 10.7. The number of nitrogens with one attached hydrogen (secondary N) is 1. The van der Waals surface area contributed by atoms with Crippen molar-refractivity contribution < 1.29 is 9.47 Å². The molecule has 0 fully saturated rings. The summed E-state index contributed by atoms with van der Waals surface area (Å²) in [6.07, 6.45) is 0. The molecule has 5 heteroatoms. The minimum absolute atomic E-state index is 0.00296. The molecule has 2 aromatic heterocycles. The fourth-order valence-corrected chi connectivity index (χ4v) is 4.49. The van der Waals surface area contributed by atoms with Gasteiger partial charge in [-0.05, 0) is 34.1 Å². The molecule has 2 heterocycles. The van der Waals surface area contributed by atoms with Crippen LogP contribution in [0.3, 0.4) is 0 Å². The Morgan fingerprint density at radius 1 is 0.900 bits per heavy atom. The quantitative estimate of drug-likeness (QED) is 0.426. The molecule has 4 nitrogen and oxygen atoms in total. The molecule has 154 valence electrons. The fraction of sp³-hybridized carbons (Fsp3) is 0.240. The standard InChI is InChI=1S/C25H25NO3S/c1-25(2,3)16-9-6-8-15(12-16)22-17-13-19(28-4)20(29-5)14-18(17)26-24(27)23(22)21-10-7-11-30-21/h6-14H,1-5H3,(H,26,27). The van der Waals surface area contributed by atoms with Crippen molar-refractivity contribution >= 4 is 22.2 Å². The van der Waals surface area contributed by atoms with E-state index in [4.69, 9.17) is 9.47 Å². The first-order chi connectivity index (χ1) is 14.3. The second-order valence-electron chi connectivity index (χ2n) is 8.27. The van der Waals surface area contributed by atoms with Gasteiger partial charge in [0.25, 0.3) is 5.56 Å². The topological polar surface area (TPSA) is 51.3 Å². The highest BCUT2D eigenvalue weighted by molar-refractivity contribution is 7.13. The maximum Gasteiger partial charge on any atom is 0.257 e. The van der Waals surface area contributed by atoms with Crippen molar-refractivity contribution in [3.8, 4) is 33.1 Å². The van der Waals surface area contributed by atoms with Crippen LogP contribution in [0, 0.1) is 0 Å². The molecule has 30 heavy (non-hydrogen) atoms. The van der Waals surface area contributed by atoms with Crippen LogP contribution in [0.15, 0.2) is 58.7 Å². The number of aromatic nitrogens is 1. The van der Waals surface area contributed by atoms with Crippen LogP contribution in [0.2, 0.25) is 0 Å². The van der Waals surface area contributed by atoms with E-state index in [0.29, 0.717) is 22.6 Å². The molecule has 4 rings (SSSR count). The summed E-state index contributed by atoms with van der Waals surface area (Å²) >= 11 is 1.56. The van der Waals surface area contributed by atoms with Gasteiger partial charge in [-0.25, -0.2) is 0 Å². The number of rotatable bonds is 4. The van der Waals surface area contributed by atoms with Gasteiger partial charge in [0.15, 0.2) is 11.5 Å². The molecule has 4 aromatic rings. The molecular weight excluding hydrogens is 394 g/mol. The summed E-state index contributed by atoms with van der Waals surface area (Å²) in [5.74, 6) is 1.21. The molecule has 0 aliphatic carbocycles. The predicted octanol–water partition coefficient (Wildman–Crippen LogP) is 6.24. The highest BCUT2D eigenvalue weighted by atomic mass is 32.1. The SMILES string of the molecule is COc1cc2[nH]c(=O)c(-c3cccs3)c(-c3cccc(C(C)(C)C)c3)c2cc1OC. The van der Waals surface area contributed by atoms with Crippen LogP contribution in [-0.2, 0) is 5.41 Å². The monoisotopic (exact) mass is 419 g/mol. The van der Waals surface area contributed by atoms with Crippen LogP contribution in [0.4, 0.5) is 0 Å². The number of benzene rings is 2. The lowest BCUT2D eigenvalue weighted by Gasteiger charge is -2.21. The summed E-state index contributed by atoms with van der Waals surface area (Å²) in [6.45, 7) is 6.57. The van der Waals surface area contributed by atoms with E-state index >= 15 is 0 Å². The molecule has 2 aromatic carbocycles. The van der Waals surface area contributed by atoms with Crippen molar-refractivity contribution in [2.75, 3.05) is 14.2 Å². The van der Waals surface area contributed by atoms with Crippen molar-refractivity contribution in [2.24, 2.45) is 0 Å². The minimum Gasteiger partial charge on any atom is -0.493 e. The van der Waals surface area contributed by atoms with Crippen molar-refractivity contribution in [2.45, 2.75) is 26.2 Å². The Labute approximate surface area is 180 Å². The Morgan fingerprint density at radius 3 is 2.27 bits per heavy atom. The Hall–Kier alpha value is -3.05. The van der Waals surface area contributed by atoms with Crippen molar-refractivity contribution in [1.29, 1.82) is 0 Å². The molecule has 0 atom stereocenters.